The summed E-state index contributed by atoms with van der Waals surface area (Å²) in [6.45, 7) is 4.03. The number of benzene rings is 4. The Hall–Kier alpha value is -5.11. The van der Waals surface area contributed by atoms with Crippen LogP contribution < -0.4 is 9.64 Å². The van der Waals surface area contributed by atoms with Gasteiger partial charge >= 0.3 is 5.91 Å². The third-order valence-electron chi connectivity index (χ3n) is 6.92. The van der Waals surface area contributed by atoms with E-state index in [0.717, 1.165) is 16.3 Å². The normalized spacial score (nSPS) is 16.9. The van der Waals surface area contributed by atoms with Gasteiger partial charge in [-0.25, -0.2) is 4.98 Å². The van der Waals surface area contributed by atoms with Gasteiger partial charge in [-0.1, -0.05) is 48.5 Å². The van der Waals surface area contributed by atoms with Gasteiger partial charge in [-0.15, -0.1) is 0 Å². The highest BCUT2D eigenvalue weighted by atomic mass is 16.5. The van der Waals surface area contributed by atoms with Crippen LogP contribution in [0.4, 0.5) is 5.95 Å². The molecule has 1 unspecified atom stereocenters. The van der Waals surface area contributed by atoms with Crippen LogP contribution in [0, 0.1) is 6.92 Å². The number of phenolic OH excluding ortho intramolecular Hbond substituents is 1. The van der Waals surface area contributed by atoms with E-state index >= 15 is 0 Å². The summed E-state index contributed by atoms with van der Waals surface area (Å²) < 4.78 is 5.58. The number of aryl methyl sites for hydroxylation is 1. The molecular formula is C31H25N3O5. The van der Waals surface area contributed by atoms with Crippen molar-refractivity contribution in [3.8, 4) is 11.5 Å². The number of aromatic amines is 1. The summed E-state index contributed by atoms with van der Waals surface area (Å²) in [7, 11) is 0. The molecule has 2 heterocycles. The van der Waals surface area contributed by atoms with Crippen LogP contribution in [0.15, 0.2) is 84.4 Å². The van der Waals surface area contributed by atoms with Crippen molar-refractivity contribution >= 4 is 45.2 Å². The Labute approximate surface area is 223 Å². The number of H-pyrrole nitrogens is 1. The van der Waals surface area contributed by atoms with E-state index in [4.69, 9.17) is 4.74 Å². The number of ether oxygens (including phenoxy) is 1. The van der Waals surface area contributed by atoms with E-state index in [9.17, 15) is 19.8 Å². The minimum atomic E-state index is -1.03. The number of rotatable bonds is 5. The number of Topliss-reactive ketones (excluding diaryl/α,β-unsaturated/α-hetero) is 1. The molecule has 39 heavy (non-hydrogen) atoms. The van der Waals surface area contributed by atoms with Crippen LogP contribution in [0.2, 0.25) is 0 Å². The first kappa shape index (κ1) is 24.2. The highest BCUT2D eigenvalue weighted by molar-refractivity contribution is 6.51. The van der Waals surface area contributed by atoms with Gasteiger partial charge in [-0.3, -0.25) is 14.5 Å². The minimum absolute atomic E-state index is 0.0775. The number of nitrogens with zero attached hydrogens (tertiary/aromatic N) is 2. The van der Waals surface area contributed by atoms with E-state index in [2.05, 4.69) is 9.97 Å². The molecule has 1 fully saturated rings. The first-order chi connectivity index (χ1) is 18.9. The highest BCUT2D eigenvalue weighted by Gasteiger charge is 2.48. The number of hydrogen-bond donors (Lipinski definition) is 3. The van der Waals surface area contributed by atoms with Gasteiger partial charge in [0.25, 0.3) is 5.78 Å². The van der Waals surface area contributed by atoms with E-state index < -0.39 is 17.7 Å². The molecule has 0 saturated carbocycles. The Kier molecular flexibility index (Phi) is 5.80. The molecule has 8 nitrogen and oxygen atoms in total. The molecule has 3 N–H and O–H groups in total. The number of carbonyl (C=O) groups excluding carboxylic acids is 2. The van der Waals surface area contributed by atoms with Gasteiger partial charge in [-0.2, -0.15) is 0 Å². The monoisotopic (exact) mass is 519 g/mol. The smallest absolute Gasteiger partial charge is 0.302 e. The number of aromatic hydroxyl groups is 1. The Morgan fingerprint density at radius 2 is 1.79 bits per heavy atom. The zero-order valence-electron chi connectivity index (χ0n) is 21.3. The summed E-state index contributed by atoms with van der Waals surface area (Å²) in [5.74, 6) is -1.67. The van der Waals surface area contributed by atoms with Crippen molar-refractivity contribution in [2.75, 3.05) is 11.5 Å². The van der Waals surface area contributed by atoms with Crippen LogP contribution in [0.5, 0.6) is 11.5 Å². The van der Waals surface area contributed by atoms with E-state index in [1.165, 1.54) is 11.0 Å². The fourth-order valence-corrected chi connectivity index (χ4v) is 5.05. The standard InChI is InChI=1S/C31H25N3O5/c1-3-39-25-16-20(11-13-24(25)35)27-26(28(36)21-10-9-18-6-4-5-7-19(18)15-21)29(37)30(38)34(27)31-32-22-12-8-17(2)14-23(22)33-31/h4-16,27,35-36H,3H2,1-2H3,(H,32,33)/b28-26+. The number of imidazole rings is 1. The lowest BCUT2D eigenvalue weighted by atomic mass is 9.94. The molecule has 6 rings (SSSR count). The summed E-state index contributed by atoms with van der Waals surface area (Å²) >= 11 is 0. The predicted octanol–water partition coefficient (Wildman–Crippen LogP) is 5.76. The fraction of sp³-hybridized carbons (Fsp3) is 0.129. The number of hydrogen-bond acceptors (Lipinski definition) is 6. The largest absolute Gasteiger partial charge is 0.507 e. The second kappa shape index (κ2) is 9.33. The number of fused-ring (bicyclic) bond motifs is 2. The van der Waals surface area contributed by atoms with E-state index in [1.54, 1.807) is 31.2 Å². The Bertz CT molecular complexity index is 1820. The van der Waals surface area contributed by atoms with Crippen molar-refractivity contribution in [3.63, 3.8) is 0 Å². The van der Waals surface area contributed by atoms with Crippen LogP contribution in [-0.2, 0) is 9.59 Å². The zero-order chi connectivity index (χ0) is 27.3. The molecule has 8 heteroatoms. The van der Waals surface area contributed by atoms with Gasteiger partial charge in [0.1, 0.15) is 5.76 Å². The second-order valence-corrected chi connectivity index (χ2v) is 9.47. The number of carbonyl (C=O) groups is 2. The Morgan fingerprint density at radius 3 is 2.59 bits per heavy atom. The molecule has 194 valence electrons. The fourth-order valence-electron chi connectivity index (χ4n) is 5.05. The van der Waals surface area contributed by atoms with Crippen LogP contribution in [0.1, 0.15) is 29.7 Å². The van der Waals surface area contributed by atoms with Gasteiger partial charge in [-0.05, 0) is 66.1 Å². The molecule has 0 spiro atoms. The van der Waals surface area contributed by atoms with Crippen molar-refractivity contribution in [2.45, 2.75) is 19.9 Å². The Balaban J connectivity index is 1.58. The Morgan fingerprint density at radius 1 is 1.00 bits per heavy atom. The first-order valence-electron chi connectivity index (χ1n) is 12.6. The van der Waals surface area contributed by atoms with Crippen LogP contribution in [0.25, 0.3) is 27.6 Å². The summed E-state index contributed by atoms with van der Waals surface area (Å²) in [6.07, 6.45) is 0. The molecule has 1 aliphatic rings. The molecule has 1 aromatic heterocycles. The number of amides is 1. The van der Waals surface area contributed by atoms with Gasteiger partial charge in [0.2, 0.25) is 5.95 Å². The minimum Gasteiger partial charge on any atom is -0.507 e. The lowest BCUT2D eigenvalue weighted by molar-refractivity contribution is -0.132. The number of anilines is 1. The average Bonchev–Trinajstić information content (AvgIpc) is 3.46. The summed E-state index contributed by atoms with van der Waals surface area (Å²) in [4.78, 5) is 36.1. The lowest BCUT2D eigenvalue weighted by Gasteiger charge is -2.23. The topological polar surface area (TPSA) is 116 Å². The van der Waals surface area contributed by atoms with Crippen LogP contribution >= 0.6 is 0 Å². The first-order valence-corrected chi connectivity index (χ1v) is 12.6. The van der Waals surface area contributed by atoms with E-state index in [0.29, 0.717) is 28.8 Å². The molecule has 1 atom stereocenters. The van der Waals surface area contributed by atoms with E-state index in [-0.39, 0.29) is 28.8 Å². The van der Waals surface area contributed by atoms with Gasteiger partial charge < -0.3 is 19.9 Å². The molecule has 1 saturated heterocycles. The molecule has 4 aromatic carbocycles. The van der Waals surface area contributed by atoms with E-state index in [1.807, 2.05) is 55.5 Å². The second-order valence-electron chi connectivity index (χ2n) is 9.47. The number of aliphatic hydroxyl groups is 1. The predicted molar refractivity (Wildman–Crippen MR) is 149 cm³/mol. The third-order valence-corrected chi connectivity index (χ3v) is 6.92. The number of nitrogens with one attached hydrogen (secondary N) is 1. The van der Waals surface area contributed by atoms with Crippen molar-refractivity contribution < 1.29 is 24.5 Å². The third kappa shape index (κ3) is 4.06. The van der Waals surface area contributed by atoms with Crippen LogP contribution in [0.3, 0.4) is 0 Å². The average molecular weight is 520 g/mol. The van der Waals surface area contributed by atoms with Crippen molar-refractivity contribution in [1.82, 2.24) is 9.97 Å². The summed E-state index contributed by atoms with van der Waals surface area (Å²) in [6, 6.07) is 22.2. The zero-order valence-corrected chi connectivity index (χ0v) is 21.3. The van der Waals surface area contributed by atoms with Crippen molar-refractivity contribution in [3.05, 3.63) is 101 Å². The number of phenols is 1. The summed E-state index contributed by atoms with van der Waals surface area (Å²) in [5.41, 5.74) is 3.13. The molecule has 0 aliphatic carbocycles. The van der Waals surface area contributed by atoms with Crippen molar-refractivity contribution in [2.24, 2.45) is 0 Å². The van der Waals surface area contributed by atoms with Gasteiger partial charge in [0.15, 0.2) is 11.5 Å². The molecule has 0 bridgehead atoms. The van der Waals surface area contributed by atoms with Crippen LogP contribution in [-0.4, -0.2) is 38.5 Å². The number of ketones is 1. The SMILES string of the molecule is CCOc1cc(C2/C(=C(\O)c3ccc4ccccc4c3)C(=O)C(=O)N2c2nc3ccc(C)cc3[nH]2)ccc1O. The maximum absolute atomic E-state index is 13.6. The molecule has 1 amide bonds. The highest BCUT2D eigenvalue weighted by Crippen LogP contribution is 2.44. The van der Waals surface area contributed by atoms with Gasteiger partial charge in [0.05, 0.1) is 29.3 Å². The molecule has 5 aromatic rings. The van der Waals surface area contributed by atoms with Crippen molar-refractivity contribution in [1.29, 1.82) is 0 Å². The van der Waals surface area contributed by atoms with Gasteiger partial charge in [0, 0.05) is 5.56 Å². The summed E-state index contributed by atoms with van der Waals surface area (Å²) in [5, 5.41) is 23.7. The maximum Gasteiger partial charge on any atom is 0.302 e. The molecule has 0 radical (unpaired) electrons. The molecule has 1 aliphatic heterocycles. The maximum atomic E-state index is 13.6. The number of aliphatic hydroxyl groups excluding tert-OH is 1. The molecular weight excluding hydrogens is 494 g/mol. The number of aromatic nitrogens is 2. The lowest BCUT2D eigenvalue weighted by Crippen LogP contribution is -2.30. The quantitative estimate of drug-likeness (QED) is 0.155.